The first kappa shape index (κ1) is 22.4. The van der Waals surface area contributed by atoms with E-state index in [2.05, 4.69) is 15.3 Å². The molecule has 0 atom stereocenters. The van der Waals surface area contributed by atoms with Gasteiger partial charge in [0, 0.05) is 42.7 Å². The lowest BCUT2D eigenvalue weighted by atomic mass is 10.0. The van der Waals surface area contributed by atoms with Crippen LogP contribution in [-0.4, -0.2) is 52.3 Å². The molecule has 12 heteroatoms. The summed E-state index contributed by atoms with van der Waals surface area (Å²) in [7, 11) is 0. The summed E-state index contributed by atoms with van der Waals surface area (Å²) in [6.45, 7) is 1.92. The topological polar surface area (TPSA) is 131 Å². The molecular formula is C21H17ClFN5O5. The Hall–Kier alpha value is -3.83. The number of halogens is 2. The van der Waals surface area contributed by atoms with Gasteiger partial charge in [-0.15, -0.1) is 0 Å². The van der Waals surface area contributed by atoms with Crippen LogP contribution < -0.4 is 10.2 Å². The summed E-state index contributed by atoms with van der Waals surface area (Å²) < 4.78 is 18.9. The van der Waals surface area contributed by atoms with Gasteiger partial charge in [-0.2, -0.15) is 4.98 Å². The minimum atomic E-state index is -1.29. The Labute approximate surface area is 191 Å². The van der Waals surface area contributed by atoms with E-state index in [9.17, 15) is 24.4 Å². The van der Waals surface area contributed by atoms with Crippen LogP contribution in [0.25, 0.3) is 11.1 Å². The SMILES string of the molecule is O=C(O)c1cc(-c2cnc(Nc3ccc(F)c(Cl)c3)nc2N2CCOCC2)cc([N+](=O)[O-])c1. The van der Waals surface area contributed by atoms with Crippen LogP contribution in [0.1, 0.15) is 10.4 Å². The molecule has 1 fully saturated rings. The van der Waals surface area contributed by atoms with Gasteiger partial charge in [0.1, 0.15) is 11.6 Å². The predicted octanol–water partition coefficient (Wildman–Crippen LogP) is 4.12. The molecule has 1 saturated heterocycles. The van der Waals surface area contributed by atoms with Crippen molar-refractivity contribution in [2.75, 3.05) is 36.5 Å². The van der Waals surface area contributed by atoms with Crippen LogP contribution in [0.2, 0.25) is 5.02 Å². The first-order chi connectivity index (χ1) is 15.8. The van der Waals surface area contributed by atoms with Gasteiger partial charge in [0.2, 0.25) is 5.95 Å². The van der Waals surface area contributed by atoms with Crippen molar-refractivity contribution in [1.82, 2.24) is 9.97 Å². The molecule has 0 bridgehead atoms. The zero-order valence-corrected chi connectivity index (χ0v) is 17.8. The number of aromatic nitrogens is 2. The van der Waals surface area contributed by atoms with Crippen LogP contribution >= 0.6 is 11.6 Å². The number of carboxylic acids is 1. The maximum absolute atomic E-state index is 13.5. The molecule has 0 radical (unpaired) electrons. The maximum atomic E-state index is 13.5. The minimum absolute atomic E-state index is 0.0668. The Morgan fingerprint density at radius 2 is 2.00 bits per heavy atom. The second kappa shape index (κ2) is 9.35. The fraction of sp³-hybridized carbons (Fsp3) is 0.190. The van der Waals surface area contributed by atoms with Gasteiger partial charge < -0.3 is 20.1 Å². The van der Waals surface area contributed by atoms with Gasteiger partial charge in [0.25, 0.3) is 5.69 Å². The Kier molecular flexibility index (Phi) is 6.33. The molecule has 2 heterocycles. The number of nitrogens with one attached hydrogen (secondary N) is 1. The Morgan fingerprint density at radius 3 is 2.67 bits per heavy atom. The zero-order chi connectivity index (χ0) is 23.5. The van der Waals surface area contributed by atoms with Gasteiger partial charge in [-0.1, -0.05) is 11.6 Å². The third-order valence-electron chi connectivity index (χ3n) is 4.94. The molecule has 2 N–H and O–H groups in total. The number of nitrogens with zero attached hydrogens (tertiary/aromatic N) is 4. The molecule has 3 aromatic rings. The van der Waals surface area contributed by atoms with Crippen LogP contribution in [0.4, 0.5) is 27.5 Å². The molecule has 0 amide bonds. The largest absolute Gasteiger partial charge is 0.478 e. The average molecular weight is 474 g/mol. The van der Waals surface area contributed by atoms with Crippen LogP contribution in [0, 0.1) is 15.9 Å². The quantitative estimate of drug-likeness (QED) is 0.400. The van der Waals surface area contributed by atoms with Crippen molar-refractivity contribution in [2.45, 2.75) is 0 Å². The fourth-order valence-electron chi connectivity index (χ4n) is 3.35. The van der Waals surface area contributed by atoms with Gasteiger partial charge in [0.15, 0.2) is 0 Å². The van der Waals surface area contributed by atoms with E-state index >= 15 is 0 Å². The first-order valence-corrected chi connectivity index (χ1v) is 10.1. The number of benzene rings is 2. The number of ether oxygens (including phenoxy) is 1. The molecule has 1 aliphatic heterocycles. The monoisotopic (exact) mass is 473 g/mol. The summed E-state index contributed by atoms with van der Waals surface area (Å²) in [6, 6.07) is 7.69. The molecule has 0 aliphatic carbocycles. The molecule has 170 valence electrons. The van der Waals surface area contributed by atoms with Crippen molar-refractivity contribution in [3.8, 4) is 11.1 Å². The van der Waals surface area contributed by atoms with Crippen LogP contribution in [0.15, 0.2) is 42.6 Å². The molecule has 33 heavy (non-hydrogen) atoms. The molecule has 1 aromatic heterocycles. The third-order valence-corrected chi connectivity index (χ3v) is 5.23. The smallest absolute Gasteiger partial charge is 0.335 e. The number of nitro benzene ring substituents is 1. The molecule has 0 unspecified atom stereocenters. The molecule has 10 nitrogen and oxygen atoms in total. The van der Waals surface area contributed by atoms with E-state index in [1.165, 1.54) is 36.5 Å². The molecule has 2 aromatic carbocycles. The summed E-state index contributed by atoms with van der Waals surface area (Å²) in [5.41, 5.74) is 0.590. The van der Waals surface area contributed by atoms with Gasteiger partial charge in [-0.05, 0) is 29.8 Å². The predicted molar refractivity (Wildman–Crippen MR) is 119 cm³/mol. The number of carbonyl (C=O) groups is 1. The van der Waals surface area contributed by atoms with E-state index in [-0.39, 0.29) is 22.2 Å². The van der Waals surface area contributed by atoms with Crippen molar-refractivity contribution in [1.29, 1.82) is 0 Å². The summed E-state index contributed by atoms with van der Waals surface area (Å²) in [5, 5.41) is 23.7. The number of hydrogen-bond acceptors (Lipinski definition) is 8. The van der Waals surface area contributed by atoms with E-state index in [0.29, 0.717) is 48.9 Å². The highest BCUT2D eigenvalue weighted by molar-refractivity contribution is 6.31. The van der Waals surface area contributed by atoms with Crippen molar-refractivity contribution in [2.24, 2.45) is 0 Å². The Bertz CT molecular complexity index is 1200. The number of hydrogen-bond donors (Lipinski definition) is 2. The number of rotatable bonds is 6. The second-order valence-electron chi connectivity index (χ2n) is 7.12. The number of carboxylic acid groups (broad SMARTS) is 1. The van der Waals surface area contributed by atoms with Crippen LogP contribution in [-0.2, 0) is 4.74 Å². The number of non-ortho nitro benzene ring substituents is 1. The van der Waals surface area contributed by atoms with E-state index in [4.69, 9.17) is 16.3 Å². The highest BCUT2D eigenvalue weighted by atomic mass is 35.5. The lowest BCUT2D eigenvalue weighted by molar-refractivity contribution is -0.384. The van der Waals surface area contributed by atoms with E-state index < -0.39 is 16.7 Å². The third kappa shape index (κ3) is 4.99. The van der Waals surface area contributed by atoms with E-state index in [1.807, 2.05) is 4.90 Å². The molecule has 0 spiro atoms. The summed E-state index contributed by atoms with van der Waals surface area (Å²) in [6.07, 6.45) is 1.45. The first-order valence-electron chi connectivity index (χ1n) is 9.77. The normalized spacial score (nSPS) is 13.6. The van der Waals surface area contributed by atoms with Gasteiger partial charge in [-0.25, -0.2) is 14.2 Å². The van der Waals surface area contributed by atoms with E-state index in [0.717, 1.165) is 6.07 Å². The number of aromatic carboxylic acids is 1. The maximum Gasteiger partial charge on any atom is 0.335 e. The summed E-state index contributed by atoms with van der Waals surface area (Å²) in [5.74, 6) is -1.22. The lowest BCUT2D eigenvalue weighted by Crippen LogP contribution is -2.37. The number of nitro groups is 1. The number of anilines is 3. The number of morpholine rings is 1. The van der Waals surface area contributed by atoms with Gasteiger partial charge >= 0.3 is 5.97 Å². The van der Waals surface area contributed by atoms with Crippen LogP contribution in [0.5, 0.6) is 0 Å². The van der Waals surface area contributed by atoms with Gasteiger partial charge in [-0.3, -0.25) is 10.1 Å². The summed E-state index contributed by atoms with van der Waals surface area (Å²) >= 11 is 5.84. The van der Waals surface area contributed by atoms with Crippen molar-refractivity contribution < 1.29 is 24.0 Å². The Morgan fingerprint density at radius 1 is 1.24 bits per heavy atom. The van der Waals surface area contributed by atoms with Crippen molar-refractivity contribution in [3.05, 3.63) is 69.1 Å². The minimum Gasteiger partial charge on any atom is -0.478 e. The van der Waals surface area contributed by atoms with Crippen LogP contribution in [0.3, 0.4) is 0 Å². The summed E-state index contributed by atoms with van der Waals surface area (Å²) in [4.78, 5) is 33.0. The van der Waals surface area contributed by atoms with Crippen molar-refractivity contribution in [3.63, 3.8) is 0 Å². The van der Waals surface area contributed by atoms with Gasteiger partial charge in [0.05, 0.1) is 28.7 Å². The van der Waals surface area contributed by atoms with Crippen molar-refractivity contribution >= 4 is 40.7 Å². The fourth-order valence-corrected chi connectivity index (χ4v) is 3.53. The highest BCUT2D eigenvalue weighted by Crippen LogP contribution is 2.34. The van der Waals surface area contributed by atoms with E-state index in [1.54, 1.807) is 0 Å². The average Bonchev–Trinajstić information content (AvgIpc) is 2.81. The lowest BCUT2D eigenvalue weighted by Gasteiger charge is -2.29. The molecule has 1 aliphatic rings. The second-order valence-corrected chi connectivity index (χ2v) is 7.52. The Balaban J connectivity index is 1.80. The molecule has 4 rings (SSSR count). The molecular weight excluding hydrogens is 457 g/mol. The highest BCUT2D eigenvalue weighted by Gasteiger charge is 2.22. The standard InChI is InChI=1S/C21H17ClFN5O5/c22-17-10-14(1-2-18(17)23)25-21-24-11-16(19(26-21)27-3-5-33-6-4-27)12-7-13(20(29)30)9-15(8-12)28(31)32/h1-2,7-11H,3-6H2,(H,29,30)(H,24,25,26). The molecule has 0 saturated carbocycles. The zero-order valence-electron chi connectivity index (χ0n) is 17.0.